The van der Waals surface area contributed by atoms with E-state index in [4.69, 9.17) is 4.74 Å². The summed E-state index contributed by atoms with van der Waals surface area (Å²) in [6.45, 7) is 0.0654. The summed E-state index contributed by atoms with van der Waals surface area (Å²) in [6.07, 6.45) is 1.59. The van der Waals surface area contributed by atoms with Crippen molar-refractivity contribution in [2.45, 2.75) is 37.3 Å². The molecule has 0 bridgehead atoms. The first-order valence-corrected chi connectivity index (χ1v) is 11.8. The van der Waals surface area contributed by atoms with Gasteiger partial charge in [-0.05, 0) is 34.6 Å². The molecule has 0 aromatic heterocycles. The lowest BCUT2D eigenvalue weighted by Crippen LogP contribution is -2.53. The van der Waals surface area contributed by atoms with Gasteiger partial charge >= 0.3 is 12.1 Å². The molecule has 9 heteroatoms. The molecule has 1 saturated carbocycles. The van der Waals surface area contributed by atoms with Gasteiger partial charge in [-0.1, -0.05) is 61.4 Å². The Kier molecular flexibility index (Phi) is 6.15. The number of rotatable bonds is 8. The molecule has 1 aliphatic heterocycles. The SMILES string of the molecule is O=C(NC(CC1CC1)C(=O)NC1C(=O)NCC1C(=O)O)OCC1c2ccccc2-c2ccccc21. The van der Waals surface area contributed by atoms with Gasteiger partial charge < -0.3 is 25.8 Å². The number of carbonyl (C=O) groups excluding carboxylic acids is 3. The molecule has 1 heterocycles. The molecule has 2 aromatic rings. The Balaban J connectivity index is 1.24. The van der Waals surface area contributed by atoms with E-state index in [1.807, 2.05) is 48.5 Å². The van der Waals surface area contributed by atoms with Crippen molar-refractivity contribution < 1.29 is 29.0 Å². The second-order valence-corrected chi connectivity index (χ2v) is 9.38. The van der Waals surface area contributed by atoms with E-state index in [0.717, 1.165) is 35.1 Å². The van der Waals surface area contributed by atoms with Crippen LogP contribution in [0.1, 0.15) is 36.3 Å². The Morgan fingerprint density at radius 2 is 1.66 bits per heavy atom. The van der Waals surface area contributed by atoms with Crippen molar-refractivity contribution in [3.63, 3.8) is 0 Å². The molecule has 35 heavy (non-hydrogen) atoms. The van der Waals surface area contributed by atoms with E-state index in [1.54, 1.807) is 0 Å². The third kappa shape index (κ3) is 4.71. The molecular weight excluding hydrogens is 450 g/mol. The van der Waals surface area contributed by atoms with Crippen molar-refractivity contribution in [3.8, 4) is 11.1 Å². The number of hydrogen-bond acceptors (Lipinski definition) is 5. The van der Waals surface area contributed by atoms with E-state index in [0.29, 0.717) is 12.3 Å². The second kappa shape index (κ2) is 9.40. The maximum Gasteiger partial charge on any atom is 0.407 e. The lowest BCUT2D eigenvalue weighted by Gasteiger charge is -2.22. The zero-order chi connectivity index (χ0) is 24.5. The van der Waals surface area contributed by atoms with Crippen molar-refractivity contribution >= 4 is 23.9 Å². The largest absolute Gasteiger partial charge is 0.481 e. The number of amides is 3. The van der Waals surface area contributed by atoms with Crippen LogP contribution in [0.5, 0.6) is 0 Å². The predicted octanol–water partition coefficient (Wildman–Crippen LogP) is 2.01. The highest BCUT2D eigenvalue weighted by molar-refractivity contribution is 5.96. The quantitative estimate of drug-likeness (QED) is 0.460. The van der Waals surface area contributed by atoms with Crippen LogP contribution in [0.2, 0.25) is 0 Å². The average molecular weight is 478 g/mol. The van der Waals surface area contributed by atoms with Crippen molar-refractivity contribution in [2.24, 2.45) is 11.8 Å². The van der Waals surface area contributed by atoms with Gasteiger partial charge in [-0.3, -0.25) is 14.4 Å². The normalized spacial score (nSPS) is 21.4. The highest BCUT2D eigenvalue weighted by atomic mass is 16.5. The summed E-state index contributed by atoms with van der Waals surface area (Å²) in [5, 5.41) is 17.0. The molecule has 3 atom stereocenters. The molecule has 0 spiro atoms. The van der Waals surface area contributed by atoms with Crippen molar-refractivity contribution in [2.75, 3.05) is 13.2 Å². The van der Waals surface area contributed by atoms with E-state index in [9.17, 15) is 24.3 Å². The summed E-state index contributed by atoms with van der Waals surface area (Å²) in [4.78, 5) is 49.2. The van der Waals surface area contributed by atoms with Crippen molar-refractivity contribution in [3.05, 3.63) is 59.7 Å². The molecule has 4 N–H and O–H groups in total. The first kappa shape index (κ1) is 22.9. The summed E-state index contributed by atoms with van der Waals surface area (Å²) in [6, 6.07) is 13.9. The van der Waals surface area contributed by atoms with E-state index in [-0.39, 0.29) is 19.1 Å². The summed E-state index contributed by atoms with van der Waals surface area (Å²) in [7, 11) is 0. The van der Waals surface area contributed by atoms with Crippen LogP contribution in [0, 0.1) is 11.8 Å². The van der Waals surface area contributed by atoms with Gasteiger partial charge in [0.15, 0.2) is 0 Å². The smallest absolute Gasteiger partial charge is 0.407 e. The first-order valence-electron chi connectivity index (χ1n) is 11.8. The van der Waals surface area contributed by atoms with Gasteiger partial charge in [0.25, 0.3) is 0 Å². The number of alkyl carbamates (subject to hydrolysis) is 1. The molecule has 182 valence electrons. The number of aliphatic carboxylic acids is 1. The van der Waals surface area contributed by atoms with Crippen molar-refractivity contribution in [1.29, 1.82) is 0 Å². The summed E-state index contributed by atoms with van der Waals surface area (Å²) < 4.78 is 5.57. The van der Waals surface area contributed by atoms with Crippen LogP contribution in [0.3, 0.4) is 0 Å². The molecule has 2 fully saturated rings. The second-order valence-electron chi connectivity index (χ2n) is 9.38. The average Bonchev–Trinajstić information content (AvgIpc) is 3.51. The highest BCUT2D eigenvalue weighted by Gasteiger charge is 2.42. The summed E-state index contributed by atoms with van der Waals surface area (Å²) in [5.74, 6) is -3.16. The van der Waals surface area contributed by atoms with Crippen LogP contribution >= 0.6 is 0 Å². The zero-order valence-corrected chi connectivity index (χ0v) is 19.0. The van der Waals surface area contributed by atoms with Gasteiger partial charge in [-0.25, -0.2) is 4.79 Å². The molecule has 5 rings (SSSR count). The van der Waals surface area contributed by atoms with Crippen LogP contribution in [0.15, 0.2) is 48.5 Å². The zero-order valence-electron chi connectivity index (χ0n) is 19.0. The number of carbonyl (C=O) groups is 4. The first-order chi connectivity index (χ1) is 16.9. The van der Waals surface area contributed by atoms with Gasteiger partial charge in [0.1, 0.15) is 24.6 Å². The fraction of sp³-hybridized carbons (Fsp3) is 0.385. The Hall–Kier alpha value is -3.88. The molecule has 9 nitrogen and oxygen atoms in total. The fourth-order valence-corrected chi connectivity index (χ4v) is 4.97. The number of nitrogens with one attached hydrogen (secondary N) is 3. The third-order valence-corrected chi connectivity index (χ3v) is 7.01. The predicted molar refractivity (Wildman–Crippen MR) is 125 cm³/mol. The number of hydrogen-bond donors (Lipinski definition) is 4. The molecule has 3 unspecified atom stereocenters. The molecular formula is C26H27N3O6. The Morgan fingerprint density at radius 3 is 2.26 bits per heavy atom. The molecule has 3 amide bonds. The Bertz CT molecular complexity index is 1130. The maximum absolute atomic E-state index is 12.9. The third-order valence-electron chi connectivity index (χ3n) is 7.01. The van der Waals surface area contributed by atoms with Crippen LogP contribution in [-0.4, -0.2) is 54.2 Å². The van der Waals surface area contributed by atoms with Gasteiger partial charge in [0.05, 0.1) is 0 Å². The van der Waals surface area contributed by atoms with Crippen molar-refractivity contribution in [1.82, 2.24) is 16.0 Å². The fourth-order valence-electron chi connectivity index (χ4n) is 4.97. The monoisotopic (exact) mass is 477 g/mol. The minimum atomic E-state index is -1.17. The van der Waals surface area contributed by atoms with Gasteiger partial charge in [0.2, 0.25) is 11.8 Å². The van der Waals surface area contributed by atoms with E-state index < -0.39 is 41.9 Å². The minimum Gasteiger partial charge on any atom is -0.481 e. The van der Waals surface area contributed by atoms with E-state index in [2.05, 4.69) is 16.0 Å². The number of carboxylic acid groups (broad SMARTS) is 1. The van der Waals surface area contributed by atoms with Gasteiger partial charge in [-0.15, -0.1) is 0 Å². The maximum atomic E-state index is 12.9. The minimum absolute atomic E-state index is 0.0494. The molecule has 2 aliphatic carbocycles. The van der Waals surface area contributed by atoms with Crippen LogP contribution < -0.4 is 16.0 Å². The Labute approximate surface area is 202 Å². The topological polar surface area (TPSA) is 134 Å². The lowest BCUT2D eigenvalue weighted by molar-refractivity contribution is -0.143. The standard InChI is InChI=1S/C26H27N3O6/c30-23(29-22-19(25(32)33)12-27-24(22)31)21(11-14-9-10-14)28-26(34)35-13-20-17-7-3-1-5-15(17)16-6-2-4-8-18(16)20/h1-8,14,19-22H,9-13H2,(H,27,31)(H,28,34)(H,29,30)(H,32,33). The lowest BCUT2D eigenvalue weighted by atomic mass is 9.98. The molecule has 2 aromatic carbocycles. The Morgan fingerprint density at radius 1 is 1.03 bits per heavy atom. The number of carboxylic acids is 1. The van der Waals surface area contributed by atoms with Gasteiger partial charge in [0, 0.05) is 12.5 Å². The summed E-state index contributed by atoms with van der Waals surface area (Å²) >= 11 is 0. The van der Waals surface area contributed by atoms with Crippen LogP contribution in [-0.2, 0) is 19.1 Å². The number of ether oxygens (including phenoxy) is 1. The number of fused-ring (bicyclic) bond motifs is 3. The molecule has 0 radical (unpaired) electrons. The highest BCUT2D eigenvalue weighted by Crippen LogP contribution is 2.44. The van der Waals surface area contributed by atoms with E-state index >= 15 is 0 Å². The summed E-state index contributed by atoms with van der Waals surface area (Å²) in [5.41, 5.74) is 4.40. The van der Waals surface area contributed by atoms with Crippen LogP contribution in [0.25, 0.3) is 11.1 Å². The van der Waals surface area contributed by atoms with E-state index in [1.165, 1.54) is 0 Å². The van der Waals surface area contributed by atoms with Crippen LogP contribution in [0.4, 0.5) is 4.79 Å². The van der Waals surface area contributed by atoms with Gasteiger partial charge in [-0.2, -0.15) is 0 Å². The molecule has 3 aliphatic rings. The molecule has 1 saturated heterocycles. The number of benzene rings is 2.